The first-order valence-corrected chi connectivity index (χ1v) is 7.91. The molecular formula is C16H15ClN2S. The maximum atomic E-state index is 8.83. The standard InChI is InChI=1S/C16H15ClN2S/c1-10(12-4-2-11(9-18)3-5-12)19-14-6-7-15-13(14)8-16(17)20-15/h2-5,8,10,14,19H,6-7H2,1H3. The maximum Gasteiger partial charge on any atom is 0.0991 e. The summed E-state index contributed by atoms with van der Waals surface area (Å²) < 4.78 is 0.882. The topological polar surface area (TPSA) is 35.8 Å². The van der Waals surface area contributed by atoms with Gasteiger partial charge >= 0.3 is 0 Å². The quantitative estimate of drug-likeness (QED) is 0.898. The highest BCUT2D eigenvalue weighted by molar-refractivity contribution is 7.16. The van der Waals surface area contributed by atoms with E-state index in [4.69, 9.17) is 16.9 Å². The van der Waals surface area contributed by atoms with Crippen LogP contribution in [0.15, 0.2) is 30.3 Å². The van der Waals surface area contributed by atoms with Crippen molar-refractivity contribution in [1.82, 2.24) is 5.32 Å². The summed E-state index contributed by atoms with van der Waals surface area (Å²) in [5.41, 5.74) is 3.27. The summed E-state index contributed by atoms with van der Waals surface area (Å²) in [6.45, 7) is 2.16. The predicted octanol–water partition coefficient (Wildman–Crippen LogP) is 4.61. The molecule has 2 unspecified atom stereocenters. The molecule has 0 aliphatic heterocycles. The van der Waals surface area contributed by atoms with Crippen LogP contribution in [0, 0.1) is 11.3 Å². The zero-order chi connectivity index (χ0) is 14.1. The van der Waals surface area contributed by atoms with Gasteiger partial charge in [0.05, 0.1) is 16.0 Å². The Morgan fingerprint density at radius 1 is 1.40 bits per heavy atom. The molecule has 2 nitrogen and oxygen atoms in total. The smallest absolute Gasteiger partial charge is 0.0991 e. The largest absolute Gasteiger partial charge is 0.303 e. The first kappa shape index (κ1) is 13.6. The van der Waals surface area contributed by atoms with E-state index in [9.17, 15) is 0 Å². The molecule has 3 rings (SSSR count). The highest BCUT2D eigenvalue weighted by atomic mass is 35.5. The number of hydrogen-bond acceptors (Lipinski definition) is 3. The van der Waals surface area contributed by atoms with Gasteiger partial charge < -0.3 is 5.32 Å². The summed E-state index contributed by atoms with van der Waals surface area (Å²) >= 11 is 7.79. The Morgan fingerprint density at radius 2 is 2.15 bits per heavy atom. The van der Waals surface area contributed by atoms with E-state index in [2.05, 4.69) is 24.4 Å². The van der Waals surface area contributed by atoms with Gasteiger partial charge in [0.15, 0.2) is 0 Å². The van der Waals surface area contributed by atoms with Crippen LogP contribution in [-0.4, -0.2) is 0 Å². The molecule has 1 aromatic carbocycles. The van der Waals surface area contributed by atoms with Crippen LogP contribution in [0.4, 0.5) is 0 Å². The number of nitriles is 1. The summed E-state index contributed by atoms with van der Waals surface area (Å²) in [5.74, 6) is 0. The second-order valence-electron chi connectivity index (χ2n) is 5.14. The van der Waals surface area contributed by atoms with Gasteiger partial charge in [0.25, 0.3) is 0 Å². The SMILES string of the molecule is CC(NC1CCc2sc(Cl)cc21)c1ccc(C#N)cc1. The van der Waals surface area contributed by atoms with Crippen LogP contribution in [0.2, 0.25) is 4.34 Å². The summed E-state index contributed by atoms with van der Waals surface area (Å²) in [6, 6.07) is 12.7. The monoisotopic (exact) mass is 302 g/mol. The Hall–Kier alpha value is -1.34. The minimum Gasteiger partial charge on any atom is -0.303 e. The molecule has 2 aromatic rings. The van der Waals surface area contributed by atoms with Gasteiger partial charge in [-0.15, -0.1) is 11.3 Å². The minimum atomic E-state index is 0.261. The van der Waals surface area contributed by atoms with E-state index in [0.717, 1.165) is 17.2 Å². The zero-order valence-corrected chi connectivity index (χ0v) is 12.8. The number of halogens is 1. The average molecular weight is 303 g/mol. The second kappa shape index (κ2) is 5.57. The van der Waals surface area contributed by atoms with E-state index in [1.807, 2.05) is 24.3 Å². The molecule has 0 fully saturated rings. The summed E-state index contributed by atoms with van der Waals surface area (Å²) in [5, 5.41) is 12.5. The molecule has 4 heteroatoms. The Morgan fingerprint density at radius 3 is 2.85 bits per heavy atom. The molecule has 0 saturated heterocycles. The number of rotatable bonds is 3. The van der Waals surface area contributed by atoms with Crippen LogP contribution in [-0.2, 0) is 6.42 Å². The molecule has 1 aliphatic rings. The number of hydrogen-bond donors (Lipinski definition) is 1. The van der Waals surface area contributed by atoms with Crippen molar-refractivity contribution >= 4 is 22.9 Å². The number of thiophene rings is 1. The Balaban J connectivity index is 1.73. The molecule has 1 N–H and O–H groups in total. The van der Waals surface area contributed by atoms with Gasteiger partial charge in [0, 0.05) is 17.0 Å². The Labute approximate surface area is 128 Å². The molecule has 2 atom stereocenters. The van der Waals surface area contributed by atoms with E-state index < -0.39 is 0 Å². The lowest BCUT2D eigenvalue weighted by Crippen LogP contribution is -2.22. The molecule has 1 aromatic heterocycles. The highest BCUT2D eigenvalue weighted by Gasteiger charge is 2.26. The third kappa shape index (κ3) is 2.60. The van der Waals surface area contributed by atoms with E-state index in [1.54, 1.807) is 11.3 Å². The molecule has 1 heterocycles. The molecule has 0 bridgehead atoms. The predicted molar refractivity (Wildman–Crippen MR) is 83.1 cm³/mol. The summed E-state index contributed by atoms with van der Waals surface area (Å²) in [6.07, 6.45) is 2.25. The molecule has 0 radical (unpaired) electrons. The van der Waals surface area contributed by atoms with Crippen LogP contribution < -0.4 is 5.32 Å². The number of benzene rings is 1. The van der Waals surface area contributed by atoms with Crippen LogP contribution >= 0.6 is 22.9 Å². The molecule has 0 spiro atoms. The van der Waals surface area contributed by atoms with Gasteiger partial charge in [-0.05, 0) is 49.1 Å². The molecule has 0 saturated carbocycles. The lowest BCUT2D eigenvalue weighted by molar-refractivity contribution is 0.465. The molecule has 1 aliphatic carbocycles. The highest BCUT2D eigenvalue weighted by Crippen LogP contribution is 2.40. The van der Waals surface area contributed by atoms with Gasteiger partial charge in [-0.3, -0.25) is 0 Å². The fourth-order valence-corrected chi connectivity index (χ4v) is 4.10. The van der Waals surface area contributed by atoms with Gasteiger partial charge in [-0.2, -0.15) is 5.26 Å². The van der Waals surface area contributed by atoms with Gasteiger partial charge in [0.2, 0.25) is 0 Å². The summed E-state index contributed by atoms with van der Waals surface area (Å²) in [4.78, 5) is 1.42. The van der Waals surface area contributed by atoms with E-state index in [-0.39, 0.29) is 6.04 Å². The average Bonchev–Trinajstić information content (AvgIpc) is 2.99. The maximum absolute atomic E-state index is 8.83. The number of fused-ring (bicyclic) bond motifs is 1. The minimum absolute atomic E-state index is 0.261. The molecule has 0 amide bonds. The third-order valence-electron chi connectivity index (χ3n) is 3.84. The lowest BCUT2D eigenvalue weighted by atomic mass is 10.0. The Kier molecular flexibility index (Phi) is 3.80. The van der Waals surface area contributed by atoms with E-state index in [0.29, 0.717) is 11.6 Å². The second-order valence-corrected chi connectivity index (χ2v) is 6.91. The van der Waals surface area contributed by atoms with Gasteiger partial charge in [-0.25, -0.2) is 0 Å². The van der Waals surface area contributed by atoms with E-state index in [1.165, 1.54) is 16.0 Å². The third-order valence-corrected chi connectivity index (χ3v) is 5.18. The van der Waals surface area contributed by atoms with Crippen molar-refractivity contribution in [2.24, 2.45) is 0 Å². The number of nitrogens with one attached hydrogen (secondary N) is 1. The number of nitrogens with zero attached hydrogens (tertiary/aromatic N) is 1. The summed E-state index contributed by atoms with van der Waals surface area (Å²) in [7, 11) is 0. The number of aryl methyl sites for hydroxylation is 1. The van der Waals surface area contributed by atoms with Crippen molar-refractivity contribution in [2.75, 3.05) is 0 Å². The van der Waals surface area contributed by atoms with Gasteiger partial charge in [-0.1, -0.05) is 23.7 Å². The molecular weight excluding hydrogens is 288 g/mol. The molecule has 102 valence electrons. The van der Waals surface area contributed by atoms with Crippen molar-refractivity contribution in [2.45, 2.75) is 31.8 Å². The van der Waals surface area contributed by atoms with Crippen LogP contribution in [0.5, 0.6) is 0 Å². The van der Waals surface area contributed by atoms with Crippen molar-refractivity contribution in [3.8, 4) is 6.07 Å². The normalized spacial score (nSPS) is 18.6. The first-order valence-electron chi connectivity index (χ1n) is 6.71. The Bertz CT molecular complexity index is 654. The van der Waals surface area contributed by atoms with Gasteiger partial charge in [0.1, 0.15) is 0 Å². The van der Waals surface area contributed by atoms with Crippen molar-refractivity contribution in [1.29, 1.82) is 5.26 Å². The zero-order valence-electron chi connectivity index (χ0n) is 11.2. The van der Waals surface area contributed by atoms with Crippen LogP contribution in [0.3, 0.4) is 0 Å². The van der Waals surface area contributed by atoms with Crippen molar-refractivity contribution < 1.29 is 0 Å². The fraction of sp³-hybridized carbons (Fsp3) is 0.312. The van der Waals surface area contributed by atoms with Crippen molar-refractivity contribution in [3.05, 3.63) is 56.2 Å². The molecule has 20 heavy (non-hydrogen) atoms. The van der Waals surface area contributed by atoms with Crippen molar-refractivity contribution in [3.63, 3.8) is 0 Å². The van der Waals surface area contributed by atoms with Crippen LogP contribution in [0.1, 0.15) is 47.0 Å². The fourth-order valence-electron chi connectivity index (χ4n) is 2.75. The van der Waals surface area contributed by atoms with Crippen LogP contribution in [0.25, 0.3) is 0 Å². The first-order chi connectivity index (χ1) is 9.67. The lowest BCUT2D eigenvalue weighted by Gasteiger charge is -2.20. The van der Waals surface area contributed by atoms with E-state index >= 15 is 0 Å².